The molecule has 4 aromatic rings. The maximum Gasteiger partial charge on any atom is 0.370 e. The Morgan fingerprint density at radius 2 is 2.09 bits per heavy atom. The molecule has 0 aliphatic carbocycles. The molecular formula is C22H17FN2O6S3+2. The third-order valence-corrected chi connectivity index (χ3v) is 9.63. The number of aliphatic carboxylic acids is 1. The van der Waals surface area contributed by atoms with Crippen molar-refractivity contribution in [2.24, 2.45) is 0 Å². The van der Waals surface area contributed by atoms with Crippen molar-refractivity contribution in [3.8, 4) is 5.75 Å². The average Bonchev–Trinajstić information content (AvgIpc) is 3.39. The minimum atomic E-state index is -4.48. The fraction of sp³-hybridized carbons (Fsp3) is 0.182. The predicted molar refractivity (Wildman–Crippen MR) is 127 cm³/mol. The van der Waals surface area contributed by atoms with Gasteiger partial charge in [0.05, 0.1) is 13.0 Å². The van der Waals surface area contributed by atoms with E-state index in [4.69, 9.17) is 4.74 Å². The molecule has 2 aliphatic heterocycles. The van der Waals surface area contributed by atoms with Crippen molar-refractivity contribution in [2.45, 2.75) is 18.3 Å². The molecule has 0 amide bonds. The zero-order valence-electron chi connectivity index (χ0n) is 17.3. The van der Waals surface area contributed by atoms with Crippen molar-refractivity contribution in [3.05, 3.63) is 58.5 Å². The number of ether oxygens (including phenoxy) is 1. The number of thiophene rings is 1. The van der Waals surface area contributed by atoms with E-state index < -0.39 is 27.3 Å². The van der Waals surface area contributed by atoms with Crippen molar-refractivity contribution in [2.75, 3.05) is 6.54 Å². The molecule has 1 spiro atoms. The van der Waals surface area contributed by atoms with Crippen molar-refractivity contribution in [3.63, 3.8) is 0 Å². The molecule has 2 aromatic heterocycles. The highest BCUT2D eigenvalue weighted by molar-refractivity contribution is 7.86. The van der Waals surface area contributed by atoms with Gasteiger partial charge >= 0.3 is 22.0 Å². The molecule has 2 unspecified atom stereocenters. The summed E-state index contributed by atoms with van der Waals surface area (Å²) in [7, 11) is -4.48. The number of carbonyl (C=O) groups is 1. The number of rotatable bonds is 4. The quantitative estimate of drug-likeness (QED) is 0.240. The van der Waals surface area contributed by atoms with Gasteiger partial charge < -0.3 is 9.84 Å². The number of halogens is 1. The summed E-state index contributed by atoms with van der Waals surface area (Å²) in [6.45, 7) is -0.0235. The summed E-state index contributed by atoms with van der Waals surface area (Å²) in [5.41, 5.74) is 1.04. The van der Waals surface area contributed by atoms with E-state index in [1.54, 1.807) is 22.0 Å². The summed E-state index contributed by atoms with van der Waals surface area (Å²) in [6, 6.07) is 9.75. The Balaban J connectivity index is 1.58. The molecule has 12 heteroatoms. The second-order valence-corrected chi connectivity index (χ2v) is 11.8. The molecule has 2 N–H and O–H groups in total. The average molecular weight is 521 g/mol. The Morgan fingerprint density at radius 3 is 2.79 bits per heavy atom. The number of fused-ring (bicyclic) bond motifs is 4. The molecule has 0 bridgehead atoms. The molecule has 2 atom stereocenters. The number of carboxylic acids is 1. The van der Waals surface area contributed by atoms with E-state index in [0.717, 1.165) is 20.3 Å². The Hall–Kier alpha value is -2.90. The van der Waals surface area contributed by atoms with Crippen LogP contribution in [-0.2, 0) is 21.5 Å². The number of hydrogen-bond donors (Lipinski definition) is 2. The zero-order valence-corrected chi connectivity index (χ0v) is 19.8. The van der Waals surface area contributed by atoms with Crippen LogP contribution in [0.25, 0.3) is 26.4 Å². The van der Waals surface area contributed by atoms with E-state index >= 15 is 0 Å². The minimum absolute atomic E-state index is 0.174. The molecule has 1 saturated heterocycles. The van der Waals surface area contributed by atoms with E-state index in [0.29, 0.717) is 16.4 Å². The molecule has 174 valence electrons. The molecule has 34 heavy (non-hydrogen) atoms. The molecule has 4 heterocycles. The fourth-order valence-electron chi connectivity index (χ4n) is 4.81. The molecule has 0 radical (unpaired) electrons. The lowest BCUT2D eigenvalue weighted by Gasteiger charge is -2.45. The van der Waals surface area contributed by atoms with Crippen molar-refractivity contribution < 1.29 is 36.6 Å². The summed E-state index contributed by atoms with van der Waals surface area (Å²) >= 11 is 2.93. The smallest absolute Gasteiger partial charge is 0.370 e. The van der Waals surface area contributed by atoms with Gasteiger partial charge in [0.1, 0.15) is 16.6 Å². The van der Waals surface area contributed by atoms with Crippen molar-refractivity contribution in [1.29, 1.82) is 0 Å². The van der Waals surface area contributed by atoms with Crippen LogP contribution < -0.4 is 13.8 Å². The summed E-state index contributed by atoms with van der Waals surface area (Å²) in [5, 5.41) is 11.8. The van der Waals surface area contributed by atoms with E-state index in [-0.39, 0.29) is 29.9 Å². The number of quaternary nitrogens is 1. The largest absolute Gasteiger partial charge is 0.477 e. The summed E-state index contributed by atoms with van der Waals surface area (Å²) in [5.74, 6) is -1.09. The number of nitrogens with zero attached hydrogens (tertiary/aromatic N) is 2. The molecule has 2 aliphatic rings. The summed E-state index contributed by atoms with van der Waals surface area (Å²) in [4.78, 5) is 11.7. The topological polar surface area (TPSA) is 105 Å². The first-order chi connectivity index (χ1) is 16.2. The van der Waals surface area contributed by atoms with Gasteiger partial charge in [0, 0.05) is 16.8 Å². The molecule has 1 fully saturated rings. The molecule has 0 saturated carbocycles. The maximum absolute atomic E-state index is 14.1. The molecule has 6 rings (SSSR count). The fourth-order valence-corrected chi connectivity index (χ4v) is 7.99. The highest BCUT2D eigenvalue weighted by Crippen LogP contribution is 2.53. The first-order valence-corrected chi connectivity index (χ1v) is 13.5. The van der Waals surface area contributed by atoms with Crippen molar-refractivity contribution >= 4 is 70.8 Å². The third kappa shape index (κ3) is 3.10. The number of hydrogen-bond acceptors (Lipinski definition) is 6. The van der Waals surface area contributed by atoms with Gasteiger partial charge in [-0.25, -0.2) is 13.7 Å². The van der Waals surface area contributed by atoms with E-state index in [1.165, 1.54) is 29.5 Å². The molecule has 2 aromatic carbocycles. The van der Waals surface area contributed by atoms with Gasteiger partial charge in [0.25, 0.3) is 5.01 Å². The molecular weight excluding hydrogens is 503 g/mol. The highest BCUT2D eigenvalue weighted by Gasteiger charge is 2.63. The monoisotopic (exact) mass is 520 g/mol. The normalized spacial score (nSPS) is 22.9. The Bertz CT molecular complexity index is 1660. The Morgan fingerprint density at radius 1 is 1.26 bits per heavy atom. The summed E-state index contributed by atoms with van der Waals surface area (Å²) in [6.07, 6.45) is 1.78. The van der Waals surface area contributed by atoms with Crippen LogP contribution >= 0.6 is 22.7 Å². The van der Waals surface area contributed by atoms with Crippen LogP contribution in [0.5, 0.6) is 5.75 Å². The number of benzene rings is 2. The number of carboxylic acid groups (broad SMARTS) is 1. The number of aromatic nitrogens is 1. The second kappa shape index (κ2) is 7.30. The lowest BCUT2D eigenvalue weighted by Crippen LogP contribution is -2.67. The van der Waals surface area contributed by atoms with E-state index in [9.17, 15) is 27.3 Å². The minimum Gasteiger partial charge on any atom is -0.477 e. The zero-order chi connectivity index (χ0) is 23.8. The first kappa shape index (κ1) is 21.6. The molecule has 8 nitrogen and oxygen atoms in total. The second-order valence-electron chi connectivity index (χ2n) is 8.25. The van der Waals surface area contributed by atoms with Gasteiger partial charge in [-0.1, -0.05) is 11.3 Å². The predicted octanol–water partition coefficient (Wildman–Crippen LogP) is 3.94. The van der Waals surface area contributed by atoms with Gasteiger partial charge in [-0.05, 0) is 35.0 Å². The Labute approximate surface area is 200 Å². The van der Waals surface area contributed by atoms with Gasteiger partial charge in [0.15, 0.2) is 11.4 Å². The highest BCUT2D eigenvalue weighted by atomic mass is 32.2. The van der Waals surface area contributed by atoms with Gasteiger partial charge in [-0.3, -0.25) is 4.55 Å². The van der Waals surface area contributed by atoms with Crippen LogP contribution in [0.1, 0.15) is 11.4 Å². The van der Waals surface area contributed by atoms with Gasteiger partial charge in [0.2, 0.25) is 17.4 Å². The van der Waals surface area contributed by atoms with E-state index in [2.05, 4.69) is 0 Å². The van der Waals surface area contributed by atoms with Crippen LogP contribution in [0, 0.1) is 5.82 Å². The first-order valence-electron chi connectivity index (χ1n) is 10.3. The SMILES string of the molecule is O=C(O)C[n+]1c(C=C2Oc3ccc(F)cc3[N+]23CCC3S(=O)(=O)O)sc2cc3sccc3cc21. The lowest BCUT2D eigenvalue weighted by atomic mass is 10.1. The Kier molecular flexibility index (Phi) is 4.64. The standard InChI is InChI=1S/C22H15FN2O6S3/c23-13-1-2-16-15(8-13)25(5-3-21(25)34(28,29)30)20(31-16)10-19-24(11-22(26)27)14-7-12-4-6-32-17(12)9-18(14)33-19/h1-2,4,6-10,21H,3,5,11H2/p+2. The van der Waals surface area contributed by atoms with Crippen LogP contribution in [-0.4, -0.2) is 36.0 Å². The van der Waals surface area contributed by atoms with Crippen LogP contribution in [0.4, 0.5) is 10.1 Å². The van der Waals surface area contributed by atoms with Crippen LogP contribution in [0.3, 0.4) is 0 Å². The van der Waals surface area contributed by atoms with Gasteiger partial charge in [-0.15, -0.1) is 11.3 Å². The maximum atomic E-state index is 14.1. The van der Waals surface area contributed by atoms with Crippen LogP contribution in [0.15, 0.2) is 47.7 Å². The van der Waals surface area contributed by atoms with E-state index in [1.807, 2.05) is 23.6 Å². The third-order valence-electron chi connectivity index (χ3n) is 6.37. The van der Waals surface area contributed by atoms with Crippen LogP contribution in [0.2, 0.25) is 0 Å². The van der Waals surface area contributed by atoms with Crippen molar-refractivity contribution in [1.82, 2.24) is 4.48 Å². The summed E-state index contributed by atoms with van der Waals surface area (Å²) < 4.78 is 57.7. The lowest BCUT2D eigenvalue weighted by molar-refractivity contribution is -0.657. The van der Waals surface area contributed by atoms with Gasteiger partial charge in [-0.2, -0.15) is 13.0 Å². The number of thiazole rings is 1.